The average molecular weight is 300 g/mol. The van der Waals surface area contributed by atoms with Crippen molar-refractivity contribution in [3.8, 4) is 10.9 Å². The van der Waals surface area contributed by atoms with E-state index in [-0.39, 0.29) is 11.3 Å². The van der Waals surface area contributed by atoms with E-state index in [9.17, 15) is 4.79 Å². The van der Waals surface area contributed by atoms with Crippen molar-refractivity contribution in [1.29, 1.82) is 0 Å². The fraction of sp³-hybridized carbons (Fsp3) is 0. The van der Waals surface area contributed by atoms with Crippen LogP contribution in [0.25, 0.3) is 0 Å². The summed E-state index contributed by atoms with van der Waals surface area (Å²) in [5.41, 5.74) is 0.119. The third kappa shape index (κ3) is 2.40. The van der Waals surface area contributed by atoms with E-state index in [0.717, 1.165) is 0 Å². The number of nitrogens with zero attached hydrogens (tertiary/aromatic N) is 1. The normalized spacial score (nSPS) is 10.1. The maximum absolute atomic E-state index is 10.9. The number of thiazole rings is 1. The molecule has 1 aromatic heterocycles. The summed E-state index contributed by atoms with van der Waals surface area (Å²) in [7, 11) is 0. The van der Waals surface area contributed by atoms with Crippen molar-refractivity contribution in [3.63, 3.8) is 0 Å². The minimum absolute atomic E-state index is 0.119. The molecule has 82 valence electrons. The van der Waals surface area contributed by atoms with E-state index in [2.05, 4.69) is 20.9 Å². The van der Waals surface area contributed by atoms with Crippen LogP contribution in [0.15, 0.2) is 34.2 Å². The van der Waals surface area contributed by atoms with Crippen LogP contribution in [0.3, 0.4) is 0 Å². The Bertz CT molecular complexity index is 526. The summed E-state index contributed by atoms with van der Waals surface area (Å²) in [6.07, 6.45) is 0. The van der Waals surface area contributed by atoms with Gasteiger partial charge in [0.15, 0.2) is 0 Å². The van der Waals surface area contributed by atoms with Crippen molar-refractivity contribution in [2.75, 3.05) is 0 Å². The Hall–Kier alpha value is -1.40. The topological polar surface area (TPSA) is 59.4 Å². The molecule has 6 heteroatoms. The summed E-state index contributed by atoms with van der Waals surface area (Å²) in [5, 5.41) is 11.1. The molecule has 1 heterocycles. The largest absolute Gasteiger partial charge is 0.478 e. The predicted molar refractivity (Wildman–Crippen MR) is 63.3 cm³/mol. The number of carboxylic acids is 1. The monoisotopic (exact) mass is 299 g/mol. The fourth-order valence-corrected chi connectivity index (χ4v) is 2.21. The van der Waals surface area contributed by atoms with E-state index in [4.69, 9.17) is 9.84 Å². The standard InChI is InChI=1S/C10H6BrNO3S/c11-8-5-16-10(12-8)15-7-4-2-1-3-6(7)9(13)14/h1-5H,(H,13,14). The van der Waals surface area contributed by atoms with Gasteiger partial charge in [-0.3, -0.25) is 0 Å². The Morgan fingerprint density at radius 2 is 2.19 bits per heavy atom. The summed E-state index contributed by atoms with van der Waals surface area (Å²) < 4.78 is 6.06. The van der Waals surface area contributed by atoms with Gasteiger partial charge in [-0.1, -0.05) is 23.5 Å². The lowest BCUT2D eigenvalue weighted by molar-refractivity contribution is 0.0694. The van der Waals surface area contributed by atoms with Crippen molar-refractivity contribution >= 4 is 33.2 Å². The van der Waals surface area contributed by atoms with Crippen LogP contribution in [-0.2, 0) is 0 Å². The van der Waals surface area contributed by atoms with Gasteiger partial charge in [-0.25, -0.2) is 4.79 Å². The van der Waals surface area contributed by atoms with Crippen molar-refractivity contribution < 1.29 is 14.6 Å². The third-order valence-electron chi connectivity index (χ3n) is 1.77. The molecule has 2 aromatic rings. The zero-order valence-electron chi connectivity index (χ0n) is 7.88. The summed E-state index contributed by atoms with van der Waals surface area (Å²) in [6, 6.07) is 6.44. The van der Waals surface area contributed by atoms with Crippen molar-refractivity contribution in [2.24, 2.45) is 0 Å². The molecule has 16 heavy (non-hydrogen) atoms. The molecule has 0 amide bonds. The number of hydrogen-bond donors (Lipinski definition) is 1. The molecule has 0 aliphatic rings. The highest BCUT2D eigenvalue weighted by Crippen LogP contribution is 2.29. The predicted octanol–water partition coefficient (Wildman–Crippen LogP) is 3.40. The number of halogens is 1. The zero-order valence-corrected chi connectivity index (χ0v) is 10.3. The average Bonchev–Trinajstić information content (AvgIpc) is 2.64. The smallest absolute Gasteiger partial charge is 0.339 e. The molecule has 1 aromatic carbocycles. The van der Waals surface area contributed by atoms with Gasteiger partial charge >= 0.3 is 5.97 Å². The third-order valence-corrected chi connectivity index (χ3v) is 3.20. The van der Waals surface area contributed by atoms with Crippen LogP contribution in [0.2, 0.25) is 0 Å². The van der Waals surface area contributed by atoms with Crippen LogP contribution >= 0.6 is 27.3 Å². The number of rotatable bonds is 3. The summed E-state index contributed by atoms with van der Waals surface area (Å²) in [5.74, 6) is -0.733. The van der Waals surface area contributed by atoms with Crippen LogP contribution in [-0.4, -0.2) is 16.1 Å². The second-order valence-corrected chi connectivity index (χ2v) is 4.47. The number of aromatic carboxylic acids is 1. The lowest BCUT2D eigenvalue weighted by atomic mass is 10.2. The van der Waals surface area contributed by atoms with E-state index in [1.165, 1.54) is 17.4 Å². The quantitative estimate of drug-likeness (QED) is 0.944. The first-order valence-electron chi connectivity index (χ1n) is 4.28. The highest BCUT2D eigenvalue weighted by atomic mass is 79.9. The molecule has 4 nitrogen and oxygen atoms in total. The second kappa shape index (κ2) is 4.63. The second-order valence-electron chi connectivity index (χ2n) is 2.84. The molecule has 0 aliphatic heterocycles. The lowest BCUT2D eigenvalue weighted by Gasteiger charge is -2.04. The minimum Gasteiger partial charge on any atom is -0.478 e. The van der Waals surface area contributed by atoms with Gasteiger partial charge in [-0.2, -0.15) is 4.98 Å². The molecule has 2 rings (SSSR count). The Labute approximate surface area is 104 Å². The fourth-order valence-electron chi connectivity index (χ4n) is 1.11. The Kier molecular flexibility index (Phi) is 3.21. The molecular weight excluding hydrogens is 294 g/mol. The van der Waals surface area contributed by atoms with E-state index in [0.29, 0.717) is 9.80 Å². The number of para-hydroxylation sites is 1. The van der Waals surface area contributed by atoms with Gasteiger partial charge in [0.05, 0.1) is 0 Å². The van der Waals surface area contributed by atoms with Gasteiger partial charge in [-0.15, -0.1) is 0 Å². The van der Waals surface area contributed by atoms with Gasteiger partial charge in [-0.05, 0) is 28.1 Å². The molecular formula is C10H6BrNO3S. The van der Waals surface area contributed by atoms with Crippen LogP contribution < -0.4 is 4.74 Å². The Balaban J connectivity index is 2.31. The molecule has 0 saturated carbocycles. The van der Waals surface area contributed by atoms with E-state index >= 15 is 0 Å². The molecule has 0 aliphatic carbocycles. The molecule has 0 spiro atoms. The highest BCUT2D eigenvalue weighted by Gasteiger charge is 2.12. The van der Waals surface area contributed by atoms with Crippen molar-refractivity contribution in [2.45, 2.75) is 0 Å². The first-order valence-corrected chi connectivity index (χ1v) is 5.95. The molecule has 0 atom stereocenters. The van der Waals surface area contributed by atoms with Crippen molar-refractivity contribution in [3.05, 3.63) is 39.8 Å². The maximum Gasteiger partial charge on any atom is 0.339 e. The number of carboxylic acid groups (broad SMARTS) is 1. The van der Waals surface area contributed by atoms with Crippen LogP contribution in [0.5, 0.6) is 10.9 Å². The molecule has 0 unspecified atom stereocenters. The highest BCUT2D eigenvalue weighted by molar-refractivity contribution is 9.10. The number of aromatic nitrogens is 1. The van der Waals surface area contributed by atoms with E-state index < -0.39 is 5.97 Å². The van der Waals surface area contributed by atoms with E-state index in [1.807, 2.05) is 0 Å². The maximum atomic E-state index is 10.9. The number of hydrogen-bond acceptors (Lipinski definition) is 4. The number of carbonyl (C=O) groups is 1. The summed E-state index contributed by atoms with van der Waals surface area (Å²) in [6.45, 7) is 0. The minimum atomic E-state index is -1.02. The number of ether oxygens (including phenoxy) is 1. The SMILES string of the molecule is O=C(O)c1ccccc1Oc1nc(Br)cs1. The van der Waals surface area contributed by atoms with Crippen LogP contribution in [0.1, 0.15) is 10.4 Å². The lowest BCUT2D eigenvalue weighted by Crippen LogP contribution is -1.99. The van der Waals surface area contributed by atoms with Gasteiger partial charge < -0.3 is 9.84 Å². The van der Waals surface area contributed by atoms with Crippen molar-refractivity contribution in [1.82, 2.24) is 4.98 Å². The molecule has 0 fully saturated rings. The Morgan fingerprint density at radius 1 is 1.44 bits per heavy atom. The van der Waals surface area contributed by atoms with Gasteiger partial charge in [0.1, 0.15) is 15.9 Å². The molecule has 0 bridgehead atoms. The first kappa shape index (κ1) is 11.1. The van der Waals surface area contributed by atoms with E-state index in [1.54, 1.807) is 23.6 Å². The molecule has 0 saturated heterocycles. The molecule has 0 radical (unpaired) electrons. The van der Waals surface area contributed by atoms with Gasteiger partial charge in [0.2, 0.25) is 0 Å². The first-order chi connectivity index (χ1) is 7.66. The van der Waals surface area contributed by atoms with Gasteiger partial charge in [0.25, 0.3) is 5.19 Å². The summed E-state index contributed by atoms with van der Waals surface area (Å²) in [4.78, 5) is 14.9. The Morgan fingerprint density at radius 3 is 2.81 bits per heavy atom. The van der Waals surface area contributed by atoms with Crippen LogP contribution in [0, 0.1) is 0 Å². The van der Waals surface area contributed by atoms with Gasteiger partial charge in [0, 0.05) is 5.38 Å². The zero-order chi connectivity index (χ0) is 11.5. The molecule has 1 N–H and O–H groups in total. The summed E-state index contributed by atoms with van der Waals surface area (Å²) >= 11 is 4.49. The number of benzene rings is 1. The van der Waals surface area contributed by atoms with Crippen LogP contribution in [0.4, 0.5) is 0 Å².